The largest absolute Gasteiger partial charge is 0.355 e. The number of hydrogen-bond acceptors (Lipinski definition) is 3. The first-order valence-corrected chi connectivity index (χ1v) is 7.48. The summed E-state index contributed by atoms with van der Waals surface area (Å²) in [5, 5.41) is 2.82. The summed E-state index contributed by atoms with van der Waals surface area (Å²) < 4.78 is 0. The predicted octanol–water partition coefficient (Wildman–Crippen LogP) is 0.457. The third-order valence-corrected chi connectivity index (χ3v) is 4.10. The zero-order valence-electron chi connectivity index (χ0n) is 11.9. The Hall–Kier alpha value is -1.10. The highest BCUT2D eigenvalue weighted by Crippen LogP contribution is 2.21. The Morgan fingerprint density at radius 3 is 2.32 bits per heavy atom. The van der Waals surface area contributed by atoms with Gasteiger partial charge in [0.1, 0.15) is 0 Å². The van der Waals surface area contributed by atoms with E-state index in [1.54, 1.807) is 0 Å². The van der Waals surface area contributed by atoms with E-state index in [-0.39, 0.29) is 11.8 Å². The molecule has 0 atom stereocenters. The van der Waals surface area contributed by atoms with Gasteiger partial charge in [-0.25, -0.2) is 0 Å². The van der Waals surface area contributed by atoms with Crippen molar-refractivity contribution in [2.45, 2.75) is 32.6 Å². The first-order chi connectivity index (χ1) is 9.20. The van der Waals surface area contributed by atoms with Gasteiger partial charge in [0.2, 0.25) is 11.8 Å². The fourth-order valence-electron chi connectivity index (χ4n) is 2.99. The highest BCUT2D eigenvalue weighted by molar-refractivity contribution is 5.79. The molecule has 5 heteroatoms. The number of carbonyl (C=O) groups excluding carboxylic acids is 2. The lowest BCUT2D eigenvalue weighted by Crippen LogP contribution is -2.45. The van der Waals surface area contributed by atoms with Gasteiger partial charge in [0.25, 0.3) is 0 Å². The number of amides is 2. The van der Waals surface area contributed by atoms with Crippen LogP contribution in [0.3, 0.4) is 0 Å². The summed E-state index contributed by atoms with van der Waals surface area (Å²) >= 11 is 0. The molecule has 5 nitrogen and oxygen atoms in total. The van der Waals surface area contributed by atoms with Gasteiger partial charge in [0.05, 0.1) is 6.54 Å². The number of piperidine rings is 1. The van der Waals surface area contributed by atoms with Crippen molar-refractivity contribution in [3.8, 4) is 0 Å². The van der Waals surface area contributed by atoms with E-state index in [1.165, 1.54) is 0 Å². The Balaban J connectivity index is 1.72. The second-order valence-electron chi connectivity index (χ2n) is 5.54. The standard InChI is InChI=1S/C14H25N3O2/c1-2-15-13(18)11-16-9-5-12(6-10-16)14(19)17-7-3-4-8-17/h12H,2-11H2,1H3,(H,15,18). The van der Waals surface area contributed by atoms with E-state index in [1.807, 2.05) is 11.8 Å². The smallest absolute Gasteiger partial charge is 0.234 e. The molecule has 0 bridgehead atoms. The van der Waals surface area contributed by atoms with Crippen LogP contribution in [0.5, 0.6) is 0 Å². The number of hydrogen-bond donors (Lipinski definition) is 1. The number of likely N-dealkylation sites (N-methyl/N-ethyl adjacent to an activating group) is 1. The van der Waals surface area contributed by atoms with Gasteiger partial charge >= 0.3 is 0 Å². The zero-order valence-corrected chi connectivity index (χ0v) is 11.9. The second kappa shape index (κ2) is 6.89. The van der Waals surface area contributed by atoms with Crippen LogP contribution in [-0.2, 0) is 9.59 Å². The normalized spacial score (nSPS) is 21.6. The zero-order chi connectivity index (χ0) is 13.7. The molecule has 2 aliphatic heterocycles. The Labute approximate surface area is 115 Å². The average molecular weight is 267 g/mol. The maximum Gasteiger partial charge on any atom is 0.234 e. The third-order valence-electron chi connectivity index (χ3n) is 4.10. The Kier molecular flexibility index (Phi) is 5.19. The van der Waals surface area contributed by atoms with Crippen LogP contribution in [0, 0.1) is 5.92 Å². The van der Waals surface area contributed by atoms with Gasteiger partial charge in [-0.2, -0.15) is 0 Å². The molecule has 19 heavy (non-hydrogen) atoms. The summed E-state index contributed by atoms with van der Waals surface area (Å²) in [5.74, 6) is 0.616. The molecular formula is C14H25N3O2. The quantitative estimate of drug-likeness (QED) is 0.805. The van der Waals surface area contributed by atoms with Gasteiger partial charge in [-0.15, -0.1) is 0 Å². The van der Waals surface area contributed by atoms with Crippen LogP contribution in [0.25, 0.3) is 0 Å². The third kappa shape index (κ3) is 3.93. The molecule has 2 amide bonds. The highest BCUT2D eigenvalue weighted by Gasteiger charge is 2.30. The van der Waals surface area contributed by atoms with Crippen LogP contribution < -0.4 is 5.32 Å². The predicted molar refractivity (Wildman–Crippen MR) is 73.7 cm³/mol. The lowest BCUT2D eigenvalue weighted by molar-refractivity contribution is -0.136. The maximum absolute atomic E-state index is 12.3. The Morgan fingerprint density at radius 2 is 1.74 bits per heavy atom. The molecule has 2 heterocycles. The molecule has 0 radical (unpaired) electrons. The lowest BCUT2D eigenvalue weighted by atomic mass is 9.95. The first-order valence-electron chi connectivity index (χ1n) is 7.48. The monoisotopic (exact) mass is 267 g/mol. The SMILES string of the molecule is CCNC(=O)CN1CCC(C(=O)N2CCCC2)CC1. The van der Waals surface area contributed by atoms with E-state index in [9.17, 15) is 9.59 Å². The Bertz CT molecular complexity index is 319. The van der Waals surface area contributed by atoms with E-state index in [4.69, 9.17) is 0 Å². The van der Waals surface area contributed by atoms with Crippen LogP contribution in [0.15, 0.2) is 0 Å². The average Bonchev–Trinajstić information content (AvgIpc) is 2.93. The number of rotatable bonds is 4. The van der Waals surface area contributed by atoms with Crippen LogP contribution in [0.2, 0.25) is 0 Å². The van der Waals surface area contributed by atoms with Crippen molar-refractivity contribution < 1.29 is 9.59 Å². The van der Waals surface area contributed by atoms with Crippen molar-refractivity contribution in [1.82, 2.24) is 15.1 Å². The molecule has 0 saturated carbocycles. The van der Waals surface area contributed by atoms with Crippen molar-refractivity contribution in [2.75, 3.05) is 39.3 Å². The minimum absolute atomic E-state index is 0.0896. The summed E-state index contributed by atoms with van der Waals surface area (Å²) in [7, 11) is 0. The first kappa shape index (κ1) is 14.3. The number of nitrogens with zero attached hydrogens (tertiary/aromatic N) is 2. The molecule has 1 N–H and O–H groups in total. The van der Waals surface area contributed by atoms with Crippen molar-refractivity contribution in [3.63, 3.8) is 0 Å². The number of likely N-dealkylation sites (tertiary alicyclic amines) is 2. The fraction of sp³-hybridized carbons (Fsp3) is 0.857. The minimum atomic E-state index is 0.0896. The lowest BCUT2D eigenvalue weighted by Gasteiger charge is -2.32. The van der Waals surface area contributed by atoms with E-state index in [0.29, 0.717) is 19.0 Å². The van der Waals surface area contributed by atoms with Crippen molar-refractivity contribution in [2.24, 2.45) is 5.92 Å². The fourth-order valence-corrected chi connectivity index (χ4v) is 2.99. The van der Waals surface area contributed by atoms with E-state index < -0.39 is 0 Å². The van der Waals surface area contributed by atoms with E-state index >= 15 is 0 Å². The van der Waals surface area contributed by atoms with Crippen molar-refractivity contribution in [3.05, 3.63) is 0 Å². The van der Waals surface area contributed by atoms with Gasteiger partial charge in [0.15, 0.2) is 0 Å². The molecule has 108 valence electrons. The molecule has 2 fully saturated rings. The summed E-state index contributed by atoms with van der Waals surface area (Å²) in [6.45, 7) is 6.69. The molecule has 0 spiro atoms. The minimum Gasteiger partial charge on any atom is -0.355 e. The van der Waals surface area contributed by atoms with Crippen LogP contribution in [0.4, 0.5) is 0 Å². The molecule has 0 aromatic rings. The van der Waals surface area contributed by atoms with Crippen LogP contribution >= 0.6 is 0 Å². The van der Waals surface area contributed by atoms with E-state index in [2.05, 4.69) is 10.2 Å². The topological polar surface area (TPSA) is 52.7 Å². The summed E-state index contributed by atoms with van der Waals surface area (Å²) in [4.78, 5) is 27.9. The second-order valence-corrected chi connectivity index (χ2v) is 5.54. The summed E-state index contributed by atoms with van der Waals surface area (Å²) in [6, 6.07) is 0. The molecule has 0 aliphatic carbocycles. The number of nitrogens with one attached hydrogen (secondary N) is 1. The summed E-state index contributed by atoms with van der Waals surface area (Å²) in [5.41, 5.74) is 0. The maximum atomic E-state index is 12.3. The van der Waals surface area contributed by atoms with E-state index in [0.717, 1.165) is 51.9 Å². The van der Waals surface area contributed by atoms with Gasteiger partial charge in [-0.1, -0.05) is 0 Å². The number of carbonyl (C=O) groups is 2. The molecule has 2 aliphatic rings. The van der Waals surface area contributed by atoms with Gasteiger partial charge in [-0.05, 0) is 45.7 Å². The molecule has 2 rings (SSSR count). The van der Waals surface area contributed by atoms with Crippen molar-refractivity contribution in [1.29, 1.82) is 0 Å². The molecule has 0 aromatic carbocycles. The van der Waals surface area contributed by atoms with Crippen LogP contribution in [-0.4, -0.2) is 60.9 Å². The molecule has 0 aromatic heterocycles. The van der Waals surface area contributed by atoms with Gasteiger partial charge in [0, 0.05) is 25.6 Å². The highest BCUT2D eigenvalue weighted by atomic mass is 16.2. The van der Waals surface area contributed by atoms with Crippen LogP contribution in [0.1, 0.15) is 32.6 Å². The van der Waals surface area contributed by atoms with Crippen molar-refractivity contribution >= 4 is 11.8 Å². The molecule has 0 unspecified atom stereocenters. The Morgan fingerprint density at radius 1 is 1.11 bits per heavy atom. The molecular weight excluding hydrogens is 242 g/mol. The van der Waals surface area contributed by atoms with Gasteiger partial charge < -0.3 is 10.2 Å². The molecule has 2 saturated heterocycles. The van der Waals surface area contributed by atoms with Gasteiger partial charge in [-0.3, -0.25) is 14.5 Å². The summed E-state index contributed by atoms with van der Waals surface area (Å²) in [6.07, 6.45) is 4.10.